The lowest BCUT2D eigenvalue weighted by Crippen LogP contribution is -2.35. The highest BCUT2D eigenvalue weighted by molar-refractivity contribution is 7.89. The number of piperidine rings is 1. The van der Waals surface area contributed by atoms with E-state index in [0.29, 0.717) is 44.1 Å². The fourth-order valence-electron chi connectivity index (χ4n) is 3.58. The van der Waals surface area contributed by atoms with E-state index in [1.807, 2.05) is 31.2 Å². The number of urea groups is 1. The molecule has 2 aromatic carbocycles. The average molecular weight is 462 g/mol. The van der Waals surface area contributed by atoms with E-state index in [-0.39, 0.29) is 4.90 Å². The summed E-state index contributed by atoms with van der Waals surface area (Å²) in [5.41, 5.74) is 1.39. The highest BCUT2D eigenvalue weighted by Crippen LogP contribution is 2.30. The Bertz CT molecular complexity index is 1000. The van der Waals surface area contributed by atoms with E-state index in [0.717, 1.165) is 30.6 Å². The Balaban J connectivity index is 1.66. The summed E-state index contributed by atoms with van der Waals surface area (Å²) in [6, 6.07) is 11.8. The maximum absolute atomic E-state index is 13.0. The van der Waals surface area contributed by atoms with E-state index in [1.54, 1.807) is 13.2 Å². The molecule has 1 saturated heterocycles. The van der Waals surface area contributed by atoms with Crippen molar-refractivity contribution in [2.75, 3.05) is 38.7 Å². The fourth-order valence-corrected chi connectivity index (χ4v) is 5.13. The van der Waals surface area contributed by atoms with E-state index >= 15 is 0 Å². The molecular formula is C23H31N3O5S. The average Bonchev–Trinajstić information content (AvgIpc) is 2.81. The van der Waals surface area contributed by atoms with Gasteiger partial charge in [-0.2, -0.15) is 4.31 Å². The van der Waals surface area contributed by atoms with Crippen molar-refractivity contribution in [2.45, 2.75) is 37.5 Å². The van der Waals surface area contributed by atoms with Crippen molar-refractivity contribution in [1.29, 1.82) is 0 Å². The third-order valence-corrected chi connectivity index (χ3v) is 7.20. The third-order valence-electron chi connectivity index (χ3n) is 5.31. The highest BCUT2D eigenvalue weighted by atomic mass is 32.2. The molecule has 2 aromatic rings. The van der Waals surface area contributed by atoms with Crippen LogP contribution in [0.3, 0.4) is 0 Å². The number of rotatable bonds is 9. The predicted octanol–water partition coefficient (Wildman–Crippen LogP) is 3.63. The van der Waals surface area contributed by atoms with Crippen LogP contribution in [0.25, 0.3) is 0 Å². The molecule has 174 valence electrons. The lowest BCUT2D eigenvalue weighted by atomic mass is 10.1. The number of methoxy groups -OCH3 is 1. The third kappa shape index (κ3) is 6.14. The van der Waals surface area contributed by atoms with Crippen molar-refractivity contribution in [3.8, 4) is 11.5 Å². The van der Waals surface area contributed by atoms with Crippen molar-refractivity contribution in [3.05, 3.63) is 48.0 Å². The van der Waals surface area contributed by atoms with Crippen LogP contribution in [0.5, 0.6) is 11.5 Å². The van der Waals surface area contributed by atoms with Gasteiger partial charge in [-0.15, -0.1) is 0 Å². The quantitative estimate of drug-likeness (QED) is 0.594. The van der Waals surface area contributed by atoms with Crippen LogP contribution in [0.15, 0.2) is 47.4 Å². The van der Waals surface area contributed by atoms with Crippen LogP contribution in [0, 0.1) is 0 Å². The van der Waals surface area contributed by atoms with E-state index < -0.39 is 16.1 Å². The van der Waals surface area contributed by atoms with Gasteiger partial charge in [0, 0.05) is 19.6 Å². The number of amides is 2. The van der Waals surface area contributed by atoms with Crippen LogP contribution in [0.4, 0.5) is 10.5 Å². The predicted molar refractivity (Wildman–Crippen MR) is 124 cm³/mol. The summed E-state index contributed by atoms with van der Waals surface area (Å²) in [7, 11) is -2.00. The summed E-state index contributed by atoms with van der Waals surface area (Å²) in [5, 5.41) is 5.54. The largest absolute Gasteiger partial charge is 0.497 e. The van der Waals surface area contributed by atoms with Crippen LogP contribution in [0.2, 0.25) is 0 Å². The number of benzene rings is 2. The Morgan fingerprint density at radius 1 is 1.06 bits per heavy atom. The van der Waals surface area contributed by atoms with Gasteiger partial charge in [-0.25, -0.2) is 13.2 Å². The minimum absolute atomic E-state index is 0.149. The maximum Gasteiger partial charge on any atom is 0.319 e. The molecule has 2 N–H and O–H groups in total. The van der Waals surface area contributed by atoms with Gasteiger partial charge < -0.3 is 20.1 Å². The number of anilines is 1. The van der Waals surface area contributed by atoms with Gasteiger partial charge in [0.05, 0.1) is 24.3 Å². The molecule has 2 amide bonds. The SMILES string of the molecule is CCOc1ccc(S(=O)(=O)N2CCCCC2)cc1NC(=O)NCCc1ccc(OC)cc1. The van der Waals surface area contributed by atoms with Gasteiger partial charge in [0.15, 0.2) is 0 Å². The van der Waals surface area contributed by atoms with Gasteiger partial charge in [0.1, 0.15) is 11.5 Å². The van der Waals surface area contributed by atoms with Crippen molar-refractivity contribution < 1.29 is 22.7 Å². The smallest absolute Gasteiger partial charge is 0.319 e. The van der Waals surface area contributed by atoms with Gasteiger partial charge in [-0.05, 0) is 62.1 Å². The standard InChI is InChI=1S/C23H31N3O5S/c1-3-31-22-12-11-20(32(28,29)26-15-5-4-6-16-26)17-21(22)25-23(27)24-14-13-18-7-9-19(30-2)10-8-18/h7-12,17H,3-6,13-16H2,1-2H3,(H2,24,25,27). The summed E-state index contributed by atoms with van der Waals surface area (Å²) in [6.07, 6.45) is 3.41. The van der Waals surface area contributed by atoms with E-state index in [1.165, 1.54) is 16.4 Å². The molecule has 1 aliphatic heterocycles. The first-order valence-electron chi connectivity index (χ1n) is 10.9. The number of hydrogen-bond donors (Lipinski definition) is 2. The number of carbonyl (C=O) groups is 1. The fraction of sp³-hybridized carbons (Fsp3) is 0.435. The molecule has 0 atom stereocenters. The van der Waals surface area contributed by atoms with Crippen LogP contribution < -0.4 is 20.1 Å². The van der Waals surface area contributed by atoms with E-state index in [9.17, 15) is 13.2 Å². The monoisotopic (exact) mass is 461 g/mol. The van der Waals surface area contributed by atoms with E-state index in [4.69, 9.17) is 9.47 Å². The summed E-state index contributed by atoms with van der Waals surface area (Å²) < 4.78 is 38.3. The second-order valence-electron chi connectivity index (χ2n) is 7.53. The zero-order valence-electron chi connectivity index (χ0n) is 18.6. The van der Waals surface area contributed by atoms with Crippen LogP contribution in [-0.2, 0) is 16.4 Å². The molecule has 0 unspecified atom stereocenters. The zero-order chi connectivity index (χ0) is 23.0. The molecule has 1 fully saturated rings. The molecule has 9 heteroatoms. The summed E-state index contributed by atoms with van der Waals surface area (Å²) in [6.45, 7) is 3.69. The number of nitrogens with zero attached hydrogens (tertiary/aromatic N) is 1. The first-order valence-corrected chi connectivity index (χ1v) is 12.3. The lowest BCUT2D eigenvalue weighted by Gasteiger charge is -2.26. The summed E-state index contributed by atoms with van der Waals surface area (Å²) in [5.74, 6) is 1.21. The topological polar surface area (TPSA) is 97.0 Å². The molecule has 1 aliphatic rings. The molecule has 0 radical (unpaired) electrons. The number of nitrogens with one attached hydrogen (secondary N) is 2. The number of hydrogen-bond acceptors (Lipinski definition) is 5. The van der Waals surface area contributed by atoms with Gasteiger partial charge >= 0.3 is 6.03 Å². The zero-order valence-corrected chi connectivity index (χ0v) is 19.4. The van der Waals surface area contributed by atoms with Crippen molar-refractivity contribution >= 4 is 21.7 Å². The van der Waals surface area contributed by atoms with Crippen molar-refractivity contribution in [1.82, 2.24) is 9.62 Å². The second-order valence-corrected chi connectivity index (χ2v) is 9.47. The Morgan fingerprint density at radius 3 is 2.44 bits per heavy atom. The summed E-state index contributed by atoms with van der Waals surface area (Å²) in [4.78, 5) is 12.6. The first-order chi connectivity index (χ1) is 15.4. The second kappa shape index (κ2) is 11.2. The molecule has 0 aromatic heterocycles. The first kappa shape index (κ1) is 23.9. The Hall–Kier alpha value is -2.78. The Labute approximate surface area is 190 Å². The van der Waals surface area contributed by atoms with Crippen LogP contribution in [0.1, 0.15) is 31.7 Å². The minimum Gasteiger partial charge on any atom is -0.497 e. The minimum atomic E-state index is -3.61. The highest BCUT2D eigenvalue weighted by Gasteiger charge is 2.27. The molecule has 32 heavy (non-hydrogen) atoms. The lowest BCUT2D eigenvalue weighted by molar-refractivity contribution is 0.252. The van der Waals surface area contributed by atoms with Gasteiger partial charge in [0.25, 0.3) is 0 Å². The Morgan fingerprint density at radius 2 is 1.78 bits per heavy atom. The molecule has 0 spiro atoms. The molecular weight excluding hydrogens is 430 g/mol. The van der Waals surface area contributed by atoms with Crippen LogP contribution >= 0.6 is 0 Å². The van der Waals surface area contributed by atoms with E-state index in [2.05, 4.69) is 10.6 Å². The number of carbonyl (C=O) groups excluding carboxylic acids is 1. The molecule has 0 bridgehead atoms. The number of sulfonamides is 1. The molecule has 0 aliphatic carbocycles. The molecule has 1 heterocycles. The maximum atomic E-state index is 13.0. The Kier molecular flexibility index (Phi) is 8.35. The number of ether oxygens (including phenoxy) is 2. The van der Waals surface area contributed by atoms with Crippen LogP contribution in [-0.4, -0.2) is 52.1 Å². The van der Waals surface area contributed by atoms with Gasteiger partial charge in [0.2, 0.25) is 10.0 Å². The molecule has 8 nitrogen and oxygen atoms in total. The van der Waals surface area contributed by atoms with Crippen molar-refractivity contribution in [3.63, 3.8) is 0 Å². The summed E-state index contributed by atoms with van der Waals surface area (Å²) >= 11 is 0. The van der Waals surface area contributed by atoms with Gasteiger partial charge in [-0.1, -0.05) is 18.6 Å². The van der Waals surface area contributed by atoms with Gasteiger partial charge in [-0.3, -0.25) is 0 Å². The normalized spacial score (nSPS) is 14.6. The molecule has 3 rings (SSSR count). The molecule has 0 saturated carbocycles. The van der Waals surface area contributed by atoms with Crippen molar-refractivity contribution in [2.24, 2.45) is 0 Å².